The normalized spacial score (nSPS) is 10.7. The van der Waals surface area contributed by atoms with Gasteiger partial charge in [0.2, 0.25) is 0 Å². The smallest absolute Gasteiger partial charge is 0.187 e. The van der Waals surface area contributed by atoms with E-state index < -0.39 is 0 Å². The highest BCUT2D eigenvalue weighted by Gasteiger charge is 2.11. The van der Waals surface area contributed by atoms with Gasteiger partial charge in [-0.1, -0.05) is 6.07 Å². The summed E-state index contributed by atoms with van der Waals surface area (Å²) in [7, 11) is 0. The third kappa shape index (κ3) is 2.14. The molecule has 0 amide bonds. The second-order valence-electron chi connectivity index (χ2n) is 4.80. The molecule has 0 atom stereocenters. The summed E-state index contributed by atoms with van der Waals surface area (Å²) in [6.45, 7) is 4.16. The first kappa shape index (κ1) is 12.3. The molecule has 100 valence electrons. The number of nitrogens with zero attached hydrogens (tertiary/aromatic N) is 4. The van der Waals surface area contributed by atoms with Gasteiger partial charge in [-0.25, -0.2) is 0 Å². The fourth-order valence-corrected chi connectivity index (χ4v) is 2.03. The summed E-state index contributed by atoms with van der Waals surface area (Å²) in [6, 6.07) is 13.7. The Hall–Kier alpha value is -2.69. The Morgan fingerprint density at radius 1 is 0.950 bits per heavy atom. The molecule has 0 spiro atoms. The third-order valence-electron chi connectivity index (χ3n) is 3.37. The molecule has 2 N–H and O–H groups in total. The lowest BCUT2D eigenvalue weighted by molar-refractivity contribution is 0.790. The number of benzene rings is 2. The molecule has 20 heavy (non-hydrogen) atoms. The van der Waals surface area contributed by atoms with Crippen molar-refractivity contribution in [3.63, 3.8) is 0 Å². The molecular weight excluding hydrogens is 250 g/mol. The van der Waals surface area contributed by atoms with Crippen molar-refractivity contribution in [2.24, 2.45) is 0 Å². The van der Waals surface area contributed by atoms with E-state index in [1.54, 1.807) is 4.68 Å². The van der Waals surface area contributed by atoms with Crippen LogP contribution < -0.4 is 5.73 Å². The molecule has 3 rings (SSSR count). The average Bonchev–Trinajstić information content (AvgIpc) is 2.92. The van der Waals surface area contributed by atoms with Gasteiger partial charge in [0.25, 0.3) is 0 Å². The molecule has 1 heterocycles. The maximum absolute atomic E-state index is 5.71. The summed E-state index contributed by atoms with van der Waals surface area (Å²) >= 11 is 0. The van der Waals surface area contributed by atoms with Crippen molar-refractivity contribution in [1.29, 1.82) is 0 Å². The predicted octanol–water partition coefficient (Wildman–Crippen LogP) is 2.53. The van der Waals surface area contributed by atoms with Gasteiger partial charge >= 0.3 is 0 Å². The highest BCUT2D eigenvalue weighted by molar-refractivity contribution is 5.60. The second kappa shape index (κ2) is 4.77. The number of aryl methyl sites for hydroxylation is 2. The molecule has 0 saturated carbocycles. The number of aromatic nitrogens is 4. The van der Waals surface area contributed by atoms with Gasteiger partial charge < -0.3 is 5.73 Å². The Morgan fingerprint density at radius 2 is 1.70 bits per heavy atom. The lowest BCUT2D eigenvalue weighted by atomic mass is 10.1. The highest BCUT2D eigenvalue weighted by atomic mass is 15.5. The SMILES string of the molecule is Cc1ccc(-n2nnnc2-c2ccc(N)cc2)cc1C. The summed E-state index contributed by atoms with van der Waals surface area (Å²) in [5, 5.41) is 12.0. The van der Waals surface area contributed by atoms with E-state index in [9.17, 15) is 0 Å². The van der Waals surface area contributed by atoms with Gasteiger partial charge in [-0.3, -0.25) is 0 Å². The van der Waals surface area contributed by atoms with Crippen molar-refractivity contribution in [3.8, 4) is 17.1 Å². The maximum Gasteiger partial charge on any atom is 0.187 e. The first-order valence-corrected chi connectivity index (χ1v) is 6.37. The fourth-order valence-electron chi connectivity index (χ4n) is 2.03. The molecular formula is C15H15N5. The highest BCUT2D eigenvalue weighted by Crippen LogP contribution is 2.21. The summed E-state index contributed by atoms with van der Waals surface area (Å²) in [5.74, 6) is 0.702. The van der Waals surface area contributed by atoms with Crippen LogP contribution in [0.3, 0.4) is 0 Å². The van der Waals surface area contributed by atoms with Crippen LogP contribution in [0.1, 0.15) is 11.1 Å². The van der Waals surface area contributed by atoms with Gasteiger partial charge in [0.1, 0.15) is 0 Å². The lowest BCUT2D eigenvalue weighted by Crippen LogP contribution is -2.00. The van der Waals surface area contributed by atoms with Crippen LogP contribution in [0, 0.1) is 13.8 Å². The summed E-state index contributed by atoms with van der Waals surface area (Å²) in [5.41, 5.74) is 10.8. The monoisotopic (exact) mass is 265 g/mol. The lowest BCUT2D eigenvalue weighted by Gasteiger charge is -2.07. The number of rotatable bonds is 2. The number of anilines is 1. The maximum atomic E-state index is 5.71. The molecule has 0 fully saturated rings. The van der Waals surface area contributed by atoms with Gasteiger partial charge in [-0.2, -0.15) is 4.68 Å². The van der Waals surface area contributed by atoms with Crippen molar-refractivity contribution >= 4 is 5.69 Å². The fraction of sp³-hybridized carbons (Fsp3) is 0.133. The zero-order valence-corrected chi connectivity index (χ0v) is 11.4. The van der Waals surface area contributed by atoms with Crippen molar-refractivity contribution in [2.45, 2.75) is 13.8 Å². The Balaban J connectivity index is 2.10. The Labute approximate surface area is 117 Å². The number of hydrogen-bond donors (Lipinski definition) is 1. The molecule has 5 nitrogen and oxygen atoms in total. The Morgan fingerprint density at radius 3 is 2.40 bits per heavy atom. The van der Waals surface area contributed by atoms with Gasteiger partial charge in [-0.05, 0) is 71.8 Å². The standard InChI is InChI=1S/C15H15N5/c1-10-3-8-14(9-11(10)2)20-15(17-18-19-20)12-4-6-13(16)7-5-12/h3-9H,16H2,1-2H3. The number of nitrogens with two attached hydrogens (primary N) is 1. The van der Waals surface area contributed by atoms with Gasteiger partial charge in [0.15, 0.2) is 5.82 Å². The van der Waals surface area contributed by atoms with Crippen LogP contribution in [0.2, 0.25) is 0 Å². The Bertz CT molecular complexity index is 743. The largest absolute Gasteiger partial charge is 0.399 e. The molecule has 0 bridgehead atoms. The Kier molecular flexibility index (Phi) is 2.95. The van der Waals surface area contributed by atoms with E-state index in [2.05, 4.69) is 41.5 Å². The minimum absolute atomic E-state index is 0.702. The topological polar surface area (TPSA) is 69.6 Å². The predicted molar refractivity (Wildman–Crippen MR) is 78.5 cm³/mol. The van der Waals surface area contributed by atoms with Crippen molar-refractivity contribution in [3.05, 3.63) is 53.6 Å². The van der Waals surface area contributed by atoms with Crippen LogP contribution in [-0.4, -0.2) is 20.2 Å². The van der Waals surface area contributed by atoms with Crippen molar-refractivity contribution in [2.75, 3.05) is 5.73 Å². The zero-order valence-electron chi connectivity index (χ0n) is 11.4. The van der Waals surface area contributed by atoms with Gasteiger partial charge in [0.05, 0.1) is 5.69 Å². The van der Waals surface area contributed by atoms with E-state index in [1.165, 1.54) is 11.1 Å². The van der Waals surface area contributed by atoms with E-state index in [0.29, 0.717) is 5.82 Å². The van der Waals surface area contributed by atoms with E-state index in [0.717, 1.165) is 16.9 Å². The minimum atomic E-state index is 0.702. The van der Waals surface area contributed by atoms with Gasteiger partial charge in [0, 0.05) is 11.3 Å². The second-order valence-corrected chi connectivity index (χ2v) is 4.80. The van der Waals surface area contributed by atoms with E-state index in [-0.39, 0.29) is 0 Å². The van der Waals surface area contributed by atoms with Crippen LogP contribution >= 0.6 is 0 Å². The van der Waals surface area contributed by atoms with Crippen molar-refractivity contribution < 1.29 is 0 Å². The first-order chi connectivity index (χ1) is 9.65. The van der Waals surface area contributed by atoms with Gasteiger partial charge in [-0.15, -0.1) is 5.10 Å². The molecule has 0 radical (unpaired) electrons. The van der Waals surface area contributed by atoms with E-state index in [1.807, 2.05) is 30.3 Å². The summed E-state index contributed by atoms with van der Waals surface area (Å²) < 4.78 is 1.73. The third-order valence-corrected chi connectivity index (χ3v) is 3.37. The van der Waals surface area contributed by atoms with Crippen LogP contribution in [0.5, 0.6) is 0 Å². The van der Waals surface area contributed by atoms with E-state index >= 15 is 0 Å². The molecule has 0 aliphatic carbocycles. The number of tetrazole rings is 1. The van der Waals surface area contributed by atoms with Crippen LogP contribution in [0.4, 0.5) is 5.69 Å². The van der Waals surface area contributed by atoms with Crippen LogP contribution in [-0.2, 0) is 0 Å². The quantitative estimate of drug-likeness (QED) is 0.723. The molecule has 0 aliphatic rings. The average molecular weight is 265 g/mol. The molecule has 2 aromatic carbocycles. The number of nitrogen functional groups attached to an aromatic ring is 1. The summed E-state index contributed by atoms with van der Waals surface area (Å²) in [6.07, 6.45) is 0. The molecule has 0 saturated heterocycles. The molecule has 0 unspecified atom stereocenters. The van der Waals surface area contributed by atoms with Crippen LogP contribution in [0.15, 0.2) is 42.5 Å². The van der Waals surface area contributed by atoms with E-state index in [4.69, 9.17) is 5.73 Å². The van der Waals surface area contributed by atoms with Crippen LogP contribution in [0.25, 0.3) is 17.1 Å². The summed E-state index contributed by atoms with van der Waals surface area (Å²) in [4.78, 5) is 0. The molecule has 0 aliphatic heterocycles. The zero-order chi connectivity index (χ0) is 14.1. The molecule has 3 aromatic rings. The minimum Gasteiger partial charge on any atom is -0.399 e. The first-order valence-electron chi connectivity index (χ1n) is 6.37. The van der Waals surface area contributed by atoms with Crippen molar-refractivity contribution in [1.82, 2.24) is 20.2 Å². The molecule has 1 aromatic heterocycles. The molecule has 5 heteroatoms. The number of hydrogen-bond acceptors (Lipinski definition) is 4.